The molecule has 0 radical (unpaired) electrons. The van der Waals surface area contributed by atoms with Crippen molar-refractivity contribution in [2.24, 2.45) is 5.41 Å². The number of nitrogens with one attached hydrogen (secondary N) is 1. The molecule has 8 heteroatoms. The van der Waals surface area contributed by atoms with Gasteiger partial charge in [-0.2, -0.15) is 13.2 Å². The van der Waals surface area contributed by atoms with Gasteiger partial charge in [0.05, 0.1) is 6.54 Å². The Hall–Kier alpha value is -1.31. The highest BCUT2D eigenvalue weighted by atomic mass is 19.4. The fraction of sp³-hybridized carbons (Fsp3) is 0.818. The van der Waals surface area contributed by atoms with Gasteiger partial charge in [-0.25, -0.2) is 0 Å². The van der Waals surface area contributed by atoms with Crippen LogP contribution in [0.2, 0.25) is 0 Å². The van der Waals surface area contributed by atoms with Gasteiger partial charge in [0.2, 0.25) is 11.8 Å². The molecule has 0 saturated carbocycles. The van der Waals surface area contributed by atoms with Crippen molar-refractivity contribution in [1.29, 1.82) is 0 Å². The lowest BCUT2D eigenvalue weighted by Crippen LogP contribution is -2.59. The molecule has 1 N–H and O–H groups in total. The van der Waals surface area contributed by atoms with Gasteiger partial charge in [0.1, 0.15) is 0 Å². The fourth-order valence-corrected chi connectivity index (χ4v) is 2.47. The van der Waals surface area contributed by atoms with Gasteiger partial charge in [0, 0.05) is 26.7 Å². The quantitative estimate of drug-likeness (QED) is 0.725. The Kier molecular flexibility index (Phi) is 3.46. The van der Waals surface area contributed by atoms with Gasteiger partial charge in [-0.3, -0.25) is 9.59 Å². The van der Waals surface area contributed by atoms with Crippen molar-refractivity contribution >= 4 is 11.8 Å². The molecule has 5 nitrogen and oxygen atoms in total. The number of halogens is 3. The summed E-state index contributed by atoms with van der Waals surface area (Å²) in [5, 5.41) is 2.60. The Morgan fingerprint density at radius 1 is 1.37 bits per heavy atom. The van der Waals surface area contributed by atoms with E-state index in [1.165, 1.54) is 4.90 Å². The minimum absolute atomic E-state index is 0.152. The molecular formula is C11H16F3N3O2. The summed E-state index contributed by atoms with van der Waals surface area (Å²) in [6.45, 7) is -0.0964. The molecule has 1 atom stereocenters. The Balaban J connectivity index is 2.20. The summed E-state index contributed by atoms with van der Waals surface area (Å²) in [5.41, 5.74) is -2.37. The molecule has 1 unspecified atom stereocenters. The number of carbonyl (C=O) groups excluding carboxylic acids is 2. The average molecular weight is 279 g/mol. The molecule has 2 saturated heterocycles. The number of carbonyl (C=O) groups is 2. The zero-order valence-electron chi connectivity index (χ0n) is 10.6. The maximum Gasteiger partial charge on any atom is 0.404 e. The standard InChI is InChI=1S/C11H16F3N3O2/c1-16-4-5-17(6-8(16)18)9(19)10(11(12,13)14)2-3-15-7-10/h15H,2-7H2,1H3. The number of hydrogen-bond donors (Lipinski definition) is 1. The van der Waals surface area contributed by atoms with Gasteiger partial charge in [-0.15, -0.1) is 0 Å². The normalized spacial score (nSPS) is 28.9. The number of likely N-dealkylation sites (N-methyl/N-ethyl adjacent to an activating group) is 1. The van der Waals surface area contributed by atoms with E-state index < -0.39 is 24.0 Å². The van der Waals surface area contributed by atoms with E-state index in [0.29, 0.717) is 0 Å². The van der Waals surface area contributed by atoms with Crippen molar-refractivity contribution in [3.8, 4) is 0 Å². The summed E-state index contributed by atoms with van der Waals surface area (Å²) in [6, 6.07) is 0. The molecule has 19 heavy (non-hydrogen) atoms. The Morgan fingerprint density at radius 3 is 2.53 bits per heavy atom. The number of piperazine rings is 1. The molecule has 0 spiro atoms. The first-order valence-electron chi connectivity index (χ1n) is 6.09. The van der Waals surface area contributed by atoms with Crippen LogP contribution in [0.15, 0.2) is 0 Å². The molecule has 0 aromatic rings. The molecule has 0 aliphatic carbocycles. The fourth-order valence-electron chi connectivity index (χ4n) is 2.47. The van der Waals surface area contributed by atoms with E-state index in [2.05, 4.69) is 5.32 Å². The van der Waals surface area contributed by atoms with Gasteiger partial charge >= 0.3 is 6.18 Å². The highest BCUT2D eigenvalue weighted by Crippen LogP contribution is 2.44. The molecular weight excluding hydrogens is 263 g/mol. The predicted octanol–water partition coefficient (Wildman–Crippen LogP) is -0.171. The highest BCUT2D eigenvalue weighted by Gasteiger charge is 2.62. The van der Waals surface area contributed by atoms with Crippen LogP contribution in [0.3, 0.4) is 0 Å². The summed E-state index contributed by atoms with van der Waals surface area (Å²) in [5.74, 6) is -1.31. The van der Waals surface area contributed by atoms with Crippen molar-refractivity contribution in [2.45, 2.75) is 12.6 Å². The molecule has 2 fully saturated rings. The number of nitrogens with zero attached hydrogens (tertiary/aromatic N) is 2. The largest absolute Gasteiger partial charge is 0.404 e. The van der Waals surface area contributed by atoms with E-state index in [4.69, 9.17) is 0 Å². The molecule has 2 rings (SSSR count). The van der Waals surface area contributed by atoms with E-state index >= 15 is 0 Å². The van der Waals surface area contributed by atoms with Gasteiger partial charge in [-0.05, 0) is 13.0 Å². The molecule has 108 valence electrons. The first kappa shape index (κ1) is 14.1. The zero-order chi connectivity index (χ0) is 14.3. The van der Waals surface area contributed by atoms with E-state index in [0.717, 1.165) is 4.90 Å². The van der Waals surface area contributed by atoms with E-state index in [-0.39, 0.29) is 38.5 Å². The lowest BCUT2D eigenvalue weighted by Gasteiger charge is -2.38. The average Bonchev–Trinajstić information content (AvgIpc) is 2.81. The maximum absolute atomic E-state index is 13.2. The summed E-state index contributed by atoms with van der Waals surface area (Å²) in [4.78, 5) is 26.2. The van der Waals surface area contributed by atoms with Gasteiger partial charge < -0.3 is 15.1 Å². The van der Waals surface area contributed by atoms with Crippen LogP contribution in [0, 0.1) is 5.41 Å². The topological polar surface area (TPSA) is 52.6 Å². The number of alkyl halides is 3. The molecule has 0 aromatic carbocycles. The Morgan fingerprint density at radius 2 is 2.05 bits per heavy atom. The van der Waals surface area contributed by atoms with Gasteiger partial charge in [-0.1, -0.05) is 0 Å². The SMILES string of the molecule is CN1CCN(C(=O)C2(C(F)(F)F)CCNC2)CC1=O. The maximum atomic E-state index is 13.2. The number of amides is 2. The van der Waals surface area contributed by atoms with Crippen LogP contribution in [0.25, 0.3) is 0 Å². The summed E-state index contributed by atoms with van der Waals surface area (Å²) >= 11 is 0. The molecule has 2 aliphatic rings. The molecule has 2 heterocycles. The third-order valence-corrected chi connectivity index (χ3v) is 3.85. The van der Waals surface area contributed by atoms with Crippen LogP contribution < -0.4 is 5.32 Å². The van der Waals surface area contributed by atoms with Gasteiger partial charge in [0.25, 0.3) is 0 Å². The number of hydrogen-bond acceptors (Lipinski definition) is 3. The van der Waals surface area contributed by atoms with Crippen molar-refractivity contribution in [2.75, 3.05) is 39.8 Å². The van der Waals surface area contributed by atoms with Crippen molar-refractivity contribution in [1.82, 2.24) is 15.1 Å². The molecule has 2 amide bonds. The van der Waals surface area contributed by atoms with Crippen molar-refractivity contribution in [3.63, 3.8) is 0 Å². The lowest BCUT2D eigenvalue weighted by molar-refractivity contribution is -0.222. The van der Waals surface area contributed by atoms with Crippen LogP contribution >= 0.6 is 0 Å². The third-order valence-electron chi connectivity index (χ3n) is 3.85. The zero-order valence-corrected chi connectivity index (χ0v) is 10.6. The summed E-state index contributed by atoms with van der Waals surface area (Å²) in [7, 11) is 1.57. The number of rotatable bonds is 1. The highest BCUT2D eigenvalue weighted by molar-refractivity contribution is 5.89. The third kappa shape index (κ3) is 2.29. The van der Waals surface area contributed by atoms with Crippen LogP contribution in [0.4, 0.5) is 13.2 Å². The molecule has 0 aromatic heterocycles. The summed E-state index contributed by atoms with van der Waals surface area (Å²) < 4.78 is 39.6. The van der Waals surface area contributed by atoms with E-state index in [9.17, 15) is 22.8 Å². The predicted molar refractivity (Wildman–Crippen MR) is 60.2 cm³/mol. The van der Waals surface area contributed by atoms with Crippen LogP contribution in [0.5, 0.6) is 0 Å². The van der Waals surface area contributed by atoms with Crippen LogP contribution in [-0.4, -0.2) is 67.6 Å². The first-order chi connectivity index (χ1) is 8.78. The first-order valence-corrected chi connectivity index (χ1v) is 6.09. The molecule has 0 bridgehead atoms. The minimum Gasteiger partial charge on any atom is -0.342 e. The van der Waals surface area contributed by atoms with E-state index in [1.807, 2.05) is 0 Å². The monoisotopic (exact) mass is 279 g/mol. The second-order valence-corrected chi connectivity index (χ2v) is 5.05. The second-order valence-electron chi connectivity index (χ2n) is 5.05. The lowest BCUT2D eigenvalue weighted by atomic mass is 9.84. The van der Waals surface area contributed by atoms with E-state index in [1.54, 1.807) is 7.05 Å². The second kappa shape index (κ2) is 4.66. The molecule has 2 aliphatic heterocycles. The van der Waals surface area contributed by atoms with Crippen molar-refractivity contribution < 1.29 is 22.8 Å². The minimum atomic E-state index is -4.60. The van der Waals surface area contributed by atoms with Crippen LogP contribution in [-0.2, 0) is 9.59 Å². The Labute approximate surface area is 108 Å². The summed E-state index contributed by atoms with van der Waals surface area (Å²) in [6.07, 6.45) is -4.87. The van der Waals surface area contributed by atoms with Crippen LogP contribution in [0.1, 0.15) is 6.42 Å². The van der Waals surface area contributed by atoms with Crippen molar-refractivity contribution in [3.05, 3.63) is 0 Å². The van der Waals surface area contributed by atoms with Gasteiger partial charge in [0.15, 0.2) is 5.41 Å². The Bertz CT molecular complexity index is 391. The smallest absolute Gasteiger partial charge is 0.342 e.